The van der Waals surface area contributed by atoms with Crippen molar-refractivity contribution in [3.63, 3.8) is 0 Å². The standard InChI is InChI=1S/C15H22FNO/c1-10(2)17-9-11(3)6-14-8-12-7-13(16)4-5-15(12)18-14/h4-5,7,10-11,14,17H,6,8-9H2,1-3H3. The first kappa shape index (κ1) is 13.3. The molecule has 0 aromatic heterocycles. The van der Waals surface area contributed by atoms with E-state index in [0.717, 1.165) is 30.7 Å². The molecule has 0 amide bonds. The average molecular weight is 251 g/mol. The van der Waals surface area contributed by atoms with Crippen molar-refractivity contribution < 1.29 is 9.13 Å². The van der Waals surface area contributed by atoms with Crippen molar-refractivity contribution >= 4 is 0 Å². The van der Waals surface area contributed by atoms with Gasteiger partial charge < -0.3 is 10.1 Å². The molecule has 18 heavy (non-hydrogen) atoms. The molecule has 1 aliphatic heterocycles. The molecule has 0 saturated carbocycles. The van der Waals surface area contributed by atoms with Crippen LogP contribution in [0, 0.1) is 11.7 Å². The van der Waals surface area contributed by atoms with Crippen molar-refractivity contribution in [1.29, 1.82) is 0 Å². The summed E-state index contributed by atoms with van der Waals surface area (Å²) in [7, 11) is 0. The smallest absolute Gasteiger partial charge is 0.123 e. The van der Waals surface area contributed by atoms with Gasteiger partial charge in [0.15, 0.2) is 0 Å². The van der Waals surface area contributed by atoms with Crippen LogP contribution in [0.5, 0.6) is 5.75 Å². The van der Waals surface area contributed by atoms with E-state index in [1.807, 2.05) is 0 Å². The minimum absolute atomic E-state index is 0.174. The van der Waals surface area contributed by atoms with Crippen molar-refractivity contribution in [2.24, 2.45) is 5.92 Å². The number of hydrogen-bond donors (Lipinski definition) is 1. The molecule has 0 aliphatic carbocycles. The van der Waals surface area contributed by atoms with Crippen LogP contribution in [0.4, 0.5) is 4.39 Å². The van der Waals surface area contributed by atoms with Gasteiger partial charge in [0.1, 0.15) is 17.7 Å². The zero-order chi connectivity index (χ0) is 13.1. The summed E-state index contributed by atoms with van der Waals surface area (Å²) in [5.41, 5.74) is 1.00. The first-order valence-electron chi connectivity index (χ1n) is 6.73. The minimum Gasteiger partial charge on any atom is -0.490 e. The second-order valence-corrected chi connectivity index (χ2v) is 5.60. The molecule has 0 bridgehead atoms. The Balaban J connectivity index is 1.84. The van der Waals surface area contributed by atoms with Crippen LogP contribution in [-0.4, -0.2) is 18.7 Å². The topological polar surface area (TPSA) is 21.3 Å². The molecular weight excluding hydrogens is 229 g/mol. The van der Waals surface area contributed by atoms with E-state index in [-0.39, 0.29) is 11.9 Å². The average Bonchev–Trinajstić information content (AvgIpc) is 2.67. The van der Waals surface area contributed by atoms with Gasteiger partial charge in [-0.25, -0.2) is 4.39 Å². The summed E-state index contributed by atoms with van der Waals surface area (Å²) in [4.78, 5) is 0. The van der Waals surface area contributed by atoms with Crippen molar-refractivity contribution in [2.45, 2.75) is 45.8 Å². The van der Waals surface area contributed by atoms with Gasteiger partial charge in [-0.1, -0.05) is 20.8 Å². The predicted octanol–water partition coefficient (Wildman–Crippen LogP) is 3.15. The van der Waals surface area contributed by atoms with Crippen LogP contribution in [0.3, 0.4) is 0 Å². The first-order chi connectivity index (χ1) is 8.54. The second-order valence-electron chi connectivity index (χ2n) is 5.60. The summed E-state index contributed by atoms with van der Waals surface area (Å²) in [5.74, 6) is 1.24. The van der Waals surface area contributed by atoms with E-state index in [4.69, 9.17) is 4.74 Å². The highest BCUT2D eigenvalue weighted by Gasteiger charge is 2.24. The van der Waals surface area contributed by atoms with Gasteiger partial charge in [-0.05, 0) is 37.1 Å². The highest BCUT2D eigenvalue weighted by molar-refractivity contribution is 5.37. The van der Waals surface area contributed by atoms with Gasteiger partial charge >= 0.3 is 0 Å². The van der Waals surface area contributed by atoms with Crippen LogP contribution in [-0.2, 0) is 6.42 Å². The highest BCUT2D eigenvalue weighted by atomic mass is 19.1. The SMILES string of the molecule is CC(CNC(C)C)CC1Cc2cc(F)ccc2O1. The van der Waals surface area contributed by atoms with Gasteiger partial charge in [-0.3, -0.25) is 0 Å². The normalized spacial score (nSPS) is 19.7. The number of rotatable bonds is 5. The van der Waals surface area contributed by atoms with Crippen LogP contribution in [0.2, 0.25) is 0 Å². The molecule has 2 unspecified atom stereocenters. The van der Waals surface area contributed by atoms with Crippen molar-refractivity contribution in [3.05, 3.63) is 29.6 Å². The summed E-state index contributed by atoms with van der Waals surface area (Å²) in [6, 6.07) is 5.31. The fraction of sp³-hybridized carbons (Fsp3) is 0.600. The van der Waals surface area contributed by atoms with E-state index in [9.17, 15) is 4.39 Å². The number of nitrogens with one attached hydrogen (secondary N) is 1. The Kier molecular flexibility index (Phi) is 4.23. The lowest BCUT2D eigenvalue weighted by Crippen LogP contribution is -2.30. The van der Waals surface area contributed by atoms with Gasteiger partial charge in [0, 0.05) is 18.0 Å². The van der Waals surface area contributed by atoms with E-state index in [0.29, 0.717) is 12.0 Å². The molecule has 1 aromatic carbocycles. The van der Waals surface area contributed by atoms with Gasteiger partial charge in [-0.2, -0.15) is 0 Å². The second kappa shape index (κ2) is 5.70. The molecule has 0 fully saturated rings. The third-order valence-corrected chi connectivity index (χ3v) is 3.30. The van der Waals surface area contributed by atoms with E-state index >= 15 is 0 Å². The number of hydrogen-bond acceptors (Lipinski definition) is 2. The Morgan fingerprint density at radius 3 is 2.89 bits per heavy atom. The fourth-order valence-corrected chi connectivity index (χ4v) is 2.39. The zero-order valence-electron chi connectivity index (χ0n) is 11.4. The van der Waals surface area contributed by atoms with Crippen molar-refractivity contribution in [1.82, 2.24) is 5.32 Å². The summed E-state index contributed by atoms with van der Waals surface area (Å²) < 4.78 is 18.9. The Labute approximate surface area is 109 Å². The van der Waals surface area contributed by atoms with Crippen LogP contribution < -0.4 is 10.1 Å². The fourth-order valence-electron chi connectivity index (χ4n) is 2.39. The molecule has 2 rings (SSSR count). The van der Waals surface area contributed by atoms with Crippen LogP contribution in [0.15, 0.2) is 18.2 Å². The Hall–Kier alpha value is -1.09. The van der Waals surface area contributed by atoms with E-state index in [1.165, 1.54) is 6.07 Å². The molecule has 0 spiro atoms. The van der Waals surface area contributed by atoms with Crippen LogP contribution in [0.25, 0.3) is 0 Å². The molecule has 1 aromatic rings. The third kappa shape index (κ3) is 3.45. The molecule has 2 atom stereocenters. The number of ether oxygens (including phenoxy) is 1. The third-order valence-electron chi connectivity index (χ3n) is 3.30. The van der Waals surface area contributed by atoms with Crippen LogP contribution >= 0.6 is 0 Å². The molecular formula is C15H22FNO. The summed E-state index contributed by atoms with van der Waals surface area (Å²) >= 11 is 0. The van der Waals surface area contributed by atoms with Crippen molar-refractivity contribution in [2.75, 3.05) is 6.54 Å². The van der Waals surface area contributed by atoms with Gasteiger partial charge in [0.2, 0.25) is 0 Å². The monoisotopic (exact) mass is 251 g/mol. The maximum atomic E-state index is 13.1. The maximum absolute atomic E-state index is 13.1. The number of benzene rings is 1. The molecule has 1 aliphatic rings. The first-order valence-corrected chi connectivity index (χ1v) is 6.73. The number of fused-ring (bicyclic) bond motifs is 1. The zero-order valence-corrected chi connectivity index (χ0v) is 11.4. The molecule has 1 N–H and O–H groups in total. The largest absolute Gasteiger partial charge is 0.490 e. The Bertz CT molecular complexity index is 405. The van der Waals surface area contributed by atoms with E-state index in [1.54, 1.807) is 12.1 Å². The van der Waals surface area contributed by atoms with Gasteiger partial charge in [0.25, 0.3) is 0 Å². The predicted molar refractivity (Wildman–Crippen MR) is 71.4 cm³/mol. The van der Waals surface area contributed by atoms with Gasteiger partial charge in [0.05, 0.1) is 0 Å². The van der Waals surface area contributed by atoms with Gasteiger partial charge in [-0.15, -0.1) is 0 Å². The minimum atomic E-state index is -0.174. The summed E-state index contributed by atoms with van der Waals surface area (Å²) in [6.07, 6.45) is 2.04. The molecule has 100 valence electrons. The summed E-state index contributed by atoms with van der Waals surface area (Å²) in [6.45, 7) is 7.53. The Morgan fingerprint density at radius 2 is 2.17 bits per heavy atom. The molecule has 0 saturated heterocycles. The lowest BCUT2D eigenvalue weighted by atomic mass is 10.00. The van der Waals surface area contributed by atoms with Crippen LogP contribution in [0.1, 0.15) is 32.8 Å². The molecule has 1 heterocycles. The lowest BCUT2D eigenvalue weighted by Gasteiger charge is -2.18. The number of halogens is 1. The lowest BCUT2D eigenvalue weighted by molar-refractivity contribution is 0.196. The maximum Gasteiger partial charge on any atom is 0.123 e. The highest BCUT2D eigenvalue weighted by Crippen LogP contribution is 2.31. The molecule has 2 nitrogen and oxygen atoms in total. The van der Waals surface area contributed by atoms with E-state index in [2.05, 4.69) is 26.1 Å². The van der Waals surface area contributed by atoms with E-state index < -0.39 is 0 Å². The summed E-state index contributed by atoms with van der Waals surface area (Å²) in [5, 5.41) is 3.43. The molecule has 0 radical (unpaired) electrons. The quantitative estimate of drug-likeness (QED) is 0.868. The van der Waals surface area contributed by atoms with Crippen molar-refractivity contribution in [3.8, 4) is 5.75 Å². The molecule has 3 heteroatoms. The Morgan fingerprint density at radius 1 is 1.39 bits per heavy atom.